The number of Topliss-reactive ketones (excluding diaryl/α,β-unsaturated/α-hetero) is 1. The van der Waals surface area contributed by atoms with Crippen LogP contribution in [0.25, 0.3) is 10.9 Å². The number of esters is 1. The lowest BCUT2D eigenvalue weighted by molar-refractivity contribution is -0.149. The monoisotopic (exact) mass is 543 g/mol. The van der Waals surface area contributed by atoms with Crippen LogP contribution in [-0.2, 0) is 22.5 Å². The number of hydrogen-bond acceptors (Lipinski definition) is 8. The molecule has 0 saturated heterocycles. The predicted molar refractivity (Wildman–Crippen MR) is 142 cm³/mol. The number of benzene rings is 1. The van der Waals surface area contributed by atoms with E-state index in [9.17, 15) is 14.4 Å². The Labute approximate surface area is 223 Å². The van der Waals surface area contributed by atoms with Crippen LogP contribution in [0.2, 0.25) is 5.02 Å². The number of amides is 1. The molecule has 4 N–H and O–H groups in total. The number of H-pyrrole nitrogens is 1. The molecule has 5 rings (SSSR count). The van der Waals surface area contributed by atoms with Crippen molar-refractivity contribution in [3.63, 3.8) is 0 Å². The second kappa shape index (κ2) is 10.2. The second-order valence-electron chi connectivity index (χ2n) is 9.91. The van der Waals surface area contributed by atoms with E-state index in [0.29, 0.717) is 22.1 Å². The van der Waals surface area contributed by atoms with E-state index in [1.807, 2.05) is 7.05 Å². The van der Waals surface area contributed by atoms with Gasteiger partial charge < -0.3 is 25.7 Å². The average Bonchev–Trinajstić information content (AvgIpc) is 3.48. The van der Waals surface area contributed by atoms with Crippen LogP contribution in [0.15, 0.2) is 24.3 Å². The maximum atomic E-state index is 13.8. The number of hydrogen-bond donors (Lipinski definition) is 3. The molecule has 0 bridgehead atoms. The molecule has 1 fully saturated rings. The number of rotatable bonds is 6. The van der Waals surface area contributed by atoms with Gasteiger partial charge in [-0.2, -0.15) is 0 Å². The molecule has 1 aliphatic carbocycles. The van der Waals surface area contributed by atoms with Gasteiger partial charge in [-0.25, -0.2) is 4.98 Å². The zero-order chi connectivity index (χ0) is 26.3. The van der Waals surface area contributed by atoms with Crippen molar-refractivity contribution >= 4 is 51.5 Å². The normalized spacial score (nSPS) is 24.0. The molecule has 1 aliphatic heterocycles. The molecule has 9 nitrogen and oxygen atoms in total. The number of nitrogens with two attached hydrogens (primary N) is 1. The van der Waals surface area contributed by atoms with Crippen molar-refractivity contribution in [2.75, 3.05) is 20.2 Å². The molecule has 1 aromatic carbocycles. The summed E-state index contributed by atoms with van der Waals surface area (Å²) in [7, 11) is 2.03. The summed E-state index contributed by atoms with van der Waals surface area (Å²) in [6, 6.07) is 6.25. The Balaban J connectivity index is 1.43. The number of likely N-dealkylation sites (N-methyl/N-ethyl adjacent to an activating group) is 1. The van der Waals surface area contributed by atoms with Crippen LogP contribution in [0, 0.1) is 5.92 Å². The summed E-state index contributed by atoms with van der Waals surface area (Å²) in [6.45, 7) is 3.65. The Hall–Kier alpha value is -2.79. The molecule has 2 aromatic heterocycles. The second-order valence-corrected chi connectivity index (χ2v) is 11.4. The molecule has 0 radical (unpaired) electrons. The SMILES string of the molecule is CCOC(=O)C1CCC(N)(C(=O)c2cc3cc(Cl)ccc3[nH]2)C(NC(=O)c2nc3c(s2)CN(C)CC3)C1. The number of halogens is 1. The number of ketones is 1. The lowest BCUT2D eigenvalue weighted by atomic mass is 9.70. The van der Waals surface area contributed by atoms with E-state index in [1.54, 1.807) is 31.2 Å². The van der Waals surface area contributed by atoms with E-state index in [4.69, 9.17) is 22.1 Å². The summed E-state index contributed by atoms with van der Waals surface area (Å²) in [4.78, 5) is 50.7. The average molecular weight is 544 g/mol. The Morgan fingerprint density at radius 2 is 2.16 bits per heavy atom. The van der Waals surface area contributed by atoms with Gasteiger partial charge in [0.15, 0.2) is 5.01 Å². The van der Waals surface area contributed by atoms with Crippen LogP contribution in [-0.4, -0.2) is 64.3 Å². The van der Waals surface area contributed by atoms with Gasteiger partial charge in [-0.1, -0.05) is 11.6 Å². The maximum Gasteiger partial charge on any atom is 0.308 e. The zero-order valence-electron chi connectivity index (χ0n) is 20.8. The summed E-state index contributed by atoms with van der Waals surface area (Å²) in [5, 5.41) is 4.67. The number of thiazole rings is 1. The van der Waals surface area contributed by atoms with Gasteiger partial charge in [0.05, 0.1) is 30.0 Å². The third-order valence-electron chi connectivity index (χ3n) is 7.34. The maximum absolute atomic E-state index is 13.8. The van der Waals surface area contributed by atoms with Gasteiger partial charge in [0.1, 0.15) is 5.54 Å². The van der Waals surface area contributed by atoms with E-state index < -0.39 is 17.5 Å². The molecule has 2 aliphatic rings. The molecule has 3 unspecified atom stereocenters. The van der Waals surface area contributed by atoms with Gasteiger partial charge in [0.25, 0.3) is 5.91 Å². The van der Waals surface area contributed by atoms with Crippen molar-refractivity contribution < 1.29 is 19.1 Å². The summed E-state index contributed by atoms with van der Waals surface area (Å²) in [5.74, 6) is -1.52. The first-order chi connectivity index (χ1) is 17.7. The van der Waals surface area contributed by atoms with Gasteiger partial charge in [0.2, 0.25) is 5.78 Å². The standard InChI is InChI=1S/C26H30ClN5O4S/c1-3-36-25(35)14-6-8-26(28,22(33)19-11-15-10-16(27)4-5-17(15)29-19)21(12-14)31-23(34)24-30-18-7-9-32(2)13-20(18)37-24/h4-5,10-11,14,21,29H,3,6-9,12-13,28H2,1-2H3,(H,31,34). The minimum absolute atomic E-state index is 0.201. The smallest absolute Gasteiger partial charge is 0.308 e. The number of nitrogens with one attached hydrogen (secondary N) is 2. The lowest BCUT2D eigenvalue weighted by Crippen LogP contribution is -2.66. The Bertz CT molecular complexity index is 1370. The Morgan fingerprint density at radius 1 is 1.35 bits per heavy atom. The third-order valence-corrected chi connectivity index (χ3v) is 8.66. The topological polar surface area (TPSA) is 130 Å². The molecular formula is C26H30ClN5O4S. The van der Waals surface area contributed by atoms with E-state index in [2.05, 4.69) is 20.2 Å². The van der Waals surface area contributed by atoms with Gasteiger partial charge in [-0.3, -0.25) is 14.4 Å². The fourth-order valence-corrected chi connectivity index (χ4v) is 6.52. The third kappa shape index (κ3) is 5.03. The van der Waals surface area contributed by atoms with Crippen LogP contribution in [0.4, 0.5) is 0 Å². The number of carbonyl (C=O) groups excluding carboxylic acids is 3. The van der Waals surface area contributed by atoms with E-state index in [-0.39, 0.29) is 37.1 Å². The van der Waals surface area contributed by atoms with Crippen LogP contribution in [0.1, 0.15) is 57.0 Å². The van der Waals surface area contributed by atoms with Gasteiger partial charge in [-0.15, -0.1) is 11.3 Å². The quantitative estimate of drug-likeness (QED) is 0.321. The molecule has 1 saturated carbocycles. The van der Waals surface area contributed by atoms with Crippen LogP contribution in [0.5, 0.6) is 0 Å². The lowest BCUT2D eigenvalue weighted by Gasteiger charge is -2.42. The zero-order valence-corrected chi connectivity index (χ0v) is 22.4. The highest BCUT2D eigenvalue weighted by atomic mass is 35.5. The number of aromatic nitrogens is 2. The summed E-state index contributed by atoms with van der Waals surface area (Å²) in [6.07, 6.45) is 1.59. The van der Waals surface area contributed by atoms with Gasteiger partial charge >= 0.3 is 5.97 Å². The van der Waals surface area contributed by atoms with Crippen molar-refractivity contribution in [1.82, 2.24) is 20.2 Å². The molecule has 11 heteroatoms. The molecule has 1 amide bonds. The first-order valence-corrected chi connectivity index (χ1v) is 13.6. The number of ether oxygens (including phenoxy) is 1. The van der Waals surface area contributed by atoms with E-state index in [1.165, 1.54) is 11.3 Å². The molecule has 196 valence electrons. The largest absolute Gasteiger partial charge is 0.466 e. The van der Waals surface area contributed by atoms with Crippen molar-refractivity contribution in [2.45, 2.75) is 50.7 Å². The van der Waals surface area contributed by atoms with E-state index >= 15 is 0 Å². The van der Waals surface area contributed by atoms with Crippen molar-refractivity contribution in [1.29, 1.82) is 0 Å². The Morgan fingerprint density at radius 3 is 2.95 bits per heavy atom. The number of fused-ring (bicyclic) bond motifs is 2. The molecule has 37 heavy (non-hydrogen) atoms. The molecule has 3 aromatic rings. The van der Waals surface area contributed by atoms with Crippen LogP contribution >= 0.6 is 22.9 Å². The first-order valence-electron chi connectivity index (χ1n) is 12.4. The highest BCUT2D eigenvalue weighted by Crippen LogP contribution is 2.35. The summed E-state index contributed by atoms with van der Waals surface area (Å²) in [5.41, 5.74) is 7.44. The minimum Gasteiger partial charge on any atom is -0.466 e. The molecule has 3 heterocycles. The summed E-state index contributed by atoms with van der Waals surface area (Å²) >= 11 is 7.48. The Kier molecular flexibility index (Phi) is 7.10. The molecule has 0 spiro atoms. The molecular weight excluding hydrogens is 514 g/mol. The van der Waals surface area contributed by atoms with Crippen LogP contribution in [0.3, 0.4) is 0 Å². The fourth-order valence-electron chi connectivity index (χ4n) is 5.25. The number of aromatic amines is 1. The van der Waals surface area contributed by atoms with Crippen LogP contribution < -0.4 is 11.1 Å². The number of nitrogens with zero attached hydrogens (tertiary/aromatic N) is 2. The number of carbonyl (C=O) groups is 3. The molecule has 3 atom stereocenters. The van der Waals surface area contributed by atoms with Crippen molar-refractivity contribution in [2.24, 2.45) is 11.7 Å². The summed E-state index contributed by atoms with van der Waals surface area (Å²) < 4.78 is 5.24. The highest BCUT2D eigenvalue weighted by molar-refractivity contribution is 7.13. The minimum atomic E-state index is -1.42. The predicted octanol–water partition coefficient (Wildman–Crippen LogP) is 3.31. The van der Waals surface area contributed by atoms with Crippen molar-refractivity contribution in [3.05, 3.63) is 50.6 Å². The van der Waals surface area contributed by atoms with E-state index in [0.717, 1.165) is 41.0 Å². The fraction of sp³-hybridized carbons (Fsp3) is 0.462. The van der Waals surface area contributed by atoms with Gasteiger partial charge in [-0.05, 0) is 57.5 Å². The first kappa shape index (κ1) is 25.8. The van der Waals surface area contributed by atoms with Gasteiger partial charge in [0, 0.05) is 40.3 Å². The highest BCUT2D eigenvalue weighted by Gasteiger charge is 2.49. The van der Waals surface area contributed by atoms with Crippen molar-refractivity contribution in [3.8, 4) is 0 Å².